The van der Waals surface area contributed by atoms with Crippen molar-refractivity contribution in [1.29, 1.82) is 0 Å². The Morgan fingerprint density at radius 2 is 0.892 bits per heavy atom. The van der Waals surface area contributed by atoms with Gasteiger partial charge in [0.2, 0.25) is 0 Å². The topological polar surface area (TPSA) is 67.8 Å². The second kappa shape index (κ2) is 13.0. The van der Waals surface area contributed by atoms with Crippen LogP contribution < -0.4 is 10.6 Å². The molecule has 0 aromatic heterocycles. The summed E-state index contributed by atoms with van der Waals surface area (Å²) in [6, 6.07) is 0. The van der Waals surface area contributed by atoms with Gasteiger partial charge in [0.1, 0.15) is 0 Å². The zero-order chi connectivity index (χ0) is 28.4. The van der Waals surface area contributed by atoms with Crippen LogP contribution in [0.5, 0.6) is 0 Å². The largest absolute Gasteiger partial charge is 0.395 e. The normalized spacial score (nSPS) is 28.5. The van der Waals surface area contributed by atoms with E-state index in [1.54, 1.807) is 0 Å². The van der Waals surface area contributed by atoms with Crippen LogP contribution in [0.15, 0.2) is 0 Å². The molecule has 3 heterocycles. The maximum Gasteiger partial charge on any atom is 0.0575 e. The number of nitrogens with zero attached hydrogens (tertiary/aromatic N) is 1. The van der Waals surface area contributed by atoms with Crippen molar-refractivity contribution in [2.45, 2.75) is 182 Å². The molecule has 4 N–H and O–H groups in total. The molecule has 0 saturated carbocycles. The number of nitrogens with one attached hydrogen (secondary N) is 2. The summed E-state index contributed by atoms with van der Waals surface area (Å²) in [5, 5.41) is 25.8. The SMILES string of the molecule is C.CC1(C)CC(O)CC(C)(C)N1.CC1CC(C)(C)N(CCO)C(C)(C)C1.CC1CC(C)(C)NC(C)(C)C1. The third kappa shape index (κ3) is 12.7. The van der Waals surface area contributed by atoms with E-state index in [4.69, 9.17) is 5.11 Å². The molecule has 3 rings (SSSR count). The molecule has 5 nitrogen and oxygen atoms in total. The van der Waals surface area contributed by atoms with E-state index in [1.807, 2.05) is 0 Å². The number of rotatable bonds is 2. The minimum Gasteiger partial charge on any atom is -0.395 e. The monoisotopic (exact) mass is 528 g/mol. The van der Waals surface area contributed by atoms with Gasteiger partial charge >= 0.3 is 0 Å². The summed E-state index contributed by atoms with van der Waals surface area (Å²) in [7, 11) is 0. The maximum absolute atomic E-state index is 9.54. The van der Waals surface area contributed by atoms with E-state index in [0.29, 0.717) is 11.1 Å². The lowest BCUT2D eigenvalue weighted by Gasteiger charge is -2.55. The van der Waals surface area contributed by atoms with Gasteiger partial charge in [-0.05, 0) is 133 Å². The molecule has 5 heteroatoms. The molecule has 0 aliphatic carbocycles. The summed E-state index contributed by atoms with van der Waals surface area (Å²) in [4.78, 5) is 2.46. The van der Waals surface area contributed by atoms with E-state index < -0.39 is 0 Å². The lowest BCUT2D eigenvalue weighted by molar-refractivity contribution is -0.0555. The van der Waals surface area contributed by atoms with Crippen LogP contribution in [-0.4, -0.2) is 67.6 Å². The van der Waals surface area contributed by atoms with Crippen LogP contribution in [0.2, 0.25) is 0 Å². The molecule has 37 heavy (non-hydrogen) atoms. The summed E-state index contributed by atoms with van der Waals surface area (Å²) in [5.74, 6) is 1.65. The van der Waals surface area contributed by atoms with Gasteiger partial charge in [-0.25, -0.2) is 0 Å². The van der Waals surface area contributed by atoms with Gasteiger partial charge in [0.25, 0.3) is 0 Å². The quantitative estimate of drug-likeness (QED) is 0.320. The Labute approximate surface area is 233 Å². The van der Waals surface area contributed by atoms with Gasteiger partial charge in [-0.2, -0.15) is 0 Å². The highest BCUT2D eigenvalue weighted by Gasteiger charge is 2.43. The molecule has 0 spiro atoms. The molecule has 0 unspecified atom stereocenters. The Morgan fingerprint density at radius 1 is 0.595 bits per heavy atom. The van der Waals surface area contributed by atoms with Crippen LogP contribution in [-0.2, 0) is 0 Å². The van der Waals surface area contributed by atoms with Gasteiger partial charge in [-0.1, -0.05) is 21.3 Å². The van der Waals surface area contributed by atoms with Gasteiger partial charge in [0.05, 0.1) is 12.7 Å². The van der Waals surface area contributed by atoms with Crippen LogP contribution in [0.25, 0.3) is 0 Å². The van der Waals surface area contributed by atoms with E-state index >= 15 is 0 Å². The highest BCUT2D eigenvalue weighted by Crippen LogP contribution is 2.40. The average Bonchev–Trinajstić information content (AvgIpc) is 2.51. The van der Waals surface area contributed by atoms with Crippen LogP contribution in [0.1, 0.15) is 143 Å². The zero-order valence-electron chi connectivity index (χ0n) is 26.7. The first-order valence-corrected chi connectivity index (χ1v) is 14.6. The van der Waals surface area contributed by atoms with Crippen LogP contribution in [0.4, 0.5) is 0 Å². The number of piperidine rings is 3. The van der Waals surface area contributed by atoms with Crippen molar-refractivity contribution in [3.05, 3.63) is 0 Å². The molecule has 3 aliphatic heterocycles. The van der Waals surface area contributed by atoms with Crippen molar-refractivity contribution in [2.75, 3.05) is 13.2 Å². The van der Waals surface area contributed by atoms with Gasteiger partial charge in [0, 0.05) is 39.8 Å². The van der Waals surface area contributed by atoms with Crippen molar-refractivity contribution >= 4 is 0 Å². The van der Waals surface area contributed by atoms with E-state index in [9.17, 15) is 5.11 Å². The lowest BCUT2D eigenvalue weighted by Crippen LogP contribution is -2.60. The van der Waals surface area contributed by atoms with E-state index in [1.165, 1.54) is 25.7 Å². The Morgan fingerprint density at radius 3 is 1.16 bits per heavy atom. The molecule has 0 amide bonds. The van der Waals surface area contributed by atoms with E-state index in [-0.39, 0.29) is 42.3 Å². The second-order valence-electron chi connectivity index (χ2n) is 16.4. The van der Waals surface area contributed by atoms with Gasteiger partial charge in [0.15, 0.2) is 0 Å². The molecular formula is C32H69N3O2. The van der Waals surface area contributed by atoms with Crippen molar-refractivity contribution in [3.63, 3.8) is 0 Å². The molecule has 0 aromatic rings. The molecule has 3 fully saturated rings. The smallest absolute Gasteiger partial charge is 0.0575 e. The number of β-amino-alcohol motifs (C(OH)–C–C–N with tert-alkyl or cyclic N) is 1. The summed E-state index contributed by atoms with van der Waals surface area (Å²) in [5.41, 5.74) is 1.29. The number of likely N-dealkylation sites (tertiary alicyclic amines) is 1. The third-order valence-corrected chi connectivity index (χ3v) is 8.04. The van der Waals surface area contributed by atoms with Crippen molar-refractivity contribution < 1.29 is 10.2 Å². The first kappa shape index (κ1) is 36.8. The van der Waals surface area contributed by atoms with Gasteiger partial charge in [-0.15, -0.1) is 0 Å². The predicted molar refractivity (Wildman–Crippen MR) is 163 cm³/mol. The first-order valence-electron chi connectivity index (χ1n) is 14.6. The third-order valence-electron chi connectivity index (χ3n) is 8.04. The van der Waals surface area contributed by atoms with Crippen molar-refractivity contribution in [2.24, 2.45) is 11.8 Å². The summed E-state index contributed by atoms with van der Waals surface area (Å²) < 4.78 is 0. The van der Waals surface area contributed by atoms with E-state index in [0.717, 1.165) is 31.2 Å². The molecule has 3 saturated heterocycles. The Balaban J connectivity index is 0.000000524. The van der Waals surface area contributed by atoms with Crippen molar-refractivity contribution in [1.82, 2.24) is 15.5 Å². The highest BCUT2D eigenvalue weighted by atomic mass is 16.3. The molecule has 3 aliphatic rings. The molecule has 0 atom stereocenters. The predicted octanol–water partition coefficient (Wildman–Crippen LogP) is 6.75. The summed E-state index contributed by atoms with van der Waals surface area (Å²) >= 11 is 0. The fourth-order valence-electron chi connectivity index (χ4n) is 8.62. The molecular weight excluding hydrogens is 458 g/mol. The molecule has 0 bridgehead atoms. The number of aliphatic hydroxyl groups is 2. The molecule has 224 valence electrons. The zero-order valence-corrected chi connectivity index (χ0v) is 26.7. The lowest BCUT2D eigenvalue weighted by atomic mass is 9.74. The van der Waals surface area contributed by atoms with Gasteiger partial charge < -0.3 is 20.8 Å². The fourth-order valence-corrected chi connectivity index (χ4v) is 8.62. The summed E-state index contributed by atoms with van der Waals surface area (Å²) in [6.07, 6.45) is 6.65. The Hall–Kier alpha value is -0.200. The van der Waals surface area contributed by atoms with Gasteiger partial charge in [-0.3, -0.25) is 4.90 Å². The highest BCUT2D eigenvalue weighted by molar-refractivity contribution is 4.99. The van der Waals surface area contributed by atoms with Crippen LogP contribution in [0.3, 0.4) is 0 Å². The minimum atomic E-state index is -0.138. The Bertz CT molecular complexity index is 596. The van der Waals surface area contributed by atoms with Crippen molar-refractivity contribution in [3.8, 4) is 0 Å². The average molecular weight is 528 g/mol. The second-order valence-corrected chi connectivity index (χ2v) is 16.4. The van der Waals surface area contributed by atoms with Crippen LogP contribution >= 0.6 is 0 Å². The number of hydrogen-bond donors (Lipinski definition) is 4. The first-order chi connectivity index (χ1) is 15.9. The van der Waals surface area contributed by atoms with Crippen LogP contribution in [0, 0.1) is 11.8 Å². The molecule has 0 radical (unpaired) electrons. The maximum atomic E-state index is 9.54. The fraction of sp³-hybridized carbons (Fsp3) is 1.00. The standard InChI is InChI=1S/C12H25NO.C10H21N.C9H19NO.CH4/c1-10-8-11(2,3)13(6-7-14)12(4,5)9-10;1-8-6-9(2,3)11-10(4,5)7-8;1-8(2)5-7(11)6-9(3,4)10-8;/h10,14H,6-9H2,1-5H3;8,11H,6-7H2,1-5H3;7,10-11H,5-6H2,1-4H3;1H4. The minimum absolute atomic E-state index is 0. The number of aliphatic hydroxyl groups excluding tert-OH is 2. The summed E-state index contributed by atoms with van der Waals surface area (Å²) in [6.45, 7) is 32.6. The Kier molecular flexibility index (Phi) is 12.9. The number of hydrogen-bond acceptors (Lipinski definition) is 5. The molecule has 0 aromatic carbocycles. The van der Waals surface area contributed by atoms with E-state index in [2.05, 4.69) is 112 Å².